The van der Waals surface area contributed by atoms with Crippen molar-refractivity contribution in [3.8, 4) is 0 Å². The van der Waals surface area contributed by atoms with Gasteiger partial charge in [-0.05, 0) is 24.1 Å². The van der Waals surface area contributed by atoms with E-state index in [4.69, 9.17) is 23.1 Å². The zero-order valence-corrected chi connectivity index (χ0v) is 8.65. The van der Waals surface area contributed by atoms with Crippen LogP contribution in [-0.2, 0) is 0 Å². The van der Waals surface area contributed by atoms with Gasteiger partial charge in [-0.25, -0.2) is 0 Å². The normalized spacial score (nSPS) is 14.0. The van der Waals surface area contributed by atoms with Gasteiger partial charge in [0.2, 0.25) is 0 Å². The Labute approximate surface area is 90.0 Å². The molecule has 0 aliphatic rings. The van der Waals surface area contributed by atoms with Gasteiger partial charge in [-0.2, -0.15) is 13.2 Å². The predicted molar refractivity (Wildman–Crippen MR) is 53.6 cm³/mol. The standard InChI is InChI=1S/C9H10ClF3N2/c1-4-2-5(6(10)3-7(4)14)8(15)9(11,12)13/h2-3,8H,14-15H2,1H3/t8-/m1/s1. The van der Waals surface area contributed by atoms with Crippen molar-refractivity contribution in [3.63, 3.8) is 0 Å². The molecule has 0 aromatic heterocycles. The zero-order valence-electron chi connectivity index (χ0n) is 7.90. The molecule has 0 saturated heterocycles. The van der Waals surface area contributed by atoms with Crippen LogP contribution in [-0.4, -0.2) is 6.18 Å². The average molecular weight is 239 g/mol. The van der Waals surface area contributed by atoms with Crippen molar-refractivity contribution in [2.24, 2.45) is 5.73 Å². The lowest BCUT2D eigenvalue weighted by atomic mass is 10.0. The van der Waals surface area contributed by atoms with E-state index in [1.165, 1.54) is 12.1 Å². The second-order valence-electron chi connectivity index (χ2n) is 3.25. The molecule has 1 aromatic rings. The Morgan fingerprint density at radius 3 is 2.33 bits per heavy atom. The quantitative estimate of drug-likeness (QED) is 0.739. The number of nitrogens with two attached hydrogens (primary N) is 2. The minimum Gasteiger partial charge on any atom is -0.398 e. The fraction of sp³-hybridized carbons (Fsp3) is 0.333. The highest BCUT2D eigenvalue weighted by Gasteiger charge is 2.39. The third-order valence-corrected chi connectivity index (χ3v) is 2.40. The monoisotopic (exact) mass is 238 g/mol. The Hall–Kier alpha value is -0.940. The van der Waals surface area contributed by atoms with Gasteiger partial charge < -0.3 is 11.5 Å². The van der Waals surface area contributed by atoms with E-state index in [-0.39, 0.29) is 10.6 Å². The van der Waals surface area contributed by atoms with E-state index in [0.717, 1.165) is 0 Å². The van der Waals surface area contributed by atoms with Gasteiger partial charge in [0.05, 0.1) is 0 Å². The molecule has 1 aromatic carbocycles. The predicted octanol–water partition coefficient (Wildman–Crippen LogP) is 2.79. The molecule has 15 heavy (non-hydrogen) atoms. The molecule has 0 saturated carbocycles. The van der Waals surface area contributed by atoms with Gasteiger partial charge in [-0.3, -0.25) is 0 Å². The SMILES string of the molecule is Cc1cc([C@@H](N)C(F)(F)F)c(Cl)cc1N. The first-order valence-electron chi connectivity index (χ1n) is 4.11. The molecule has 6 heteroatoms. The van der Waals surface area contributed by atoms with Gasteiger partial charge in [0.1, 0.15) is 6.04 Å². The minimum absolute atomic E-state index is 0.0667. The number of hydrogen-bond acceptors (Lipinski definition) is 2. The van der Waals surface area contributed by atoms with Crippen LogP contribution >= 0.6 is 11.6 Å². The zero-order chi connectivity index (χ0) is 11.8. The summed E-state index contributed by atoms with van der Waals surface area (Å²) >= 11 is 5.64. The maximum absolute atomic E-state index is 12.3. The number of rotatable bonds is 1. The molecule has 1 atom stereocenters. The Morgan fingerprint density at radius 2 is 1.87 bits per heavy atom. The van der Waals surface area contributed by atoms with Crippen molar-refractivity contribution in [1.29, 1.82) is 0 Å². The molecule has 0 radical (unpaired) electrons. The largest absolute Gasteiger partial charge is 0.407 e. The van der Waals surface area contributed by atoms with E-state index in [9.17, 15) is 13.2 Å². The highest BCUT2D eigenvalue weighted by molar-refractivity contribution is 6.31. The van der Waals surface area contributed by atoms with Crippen molar-refractivity contribution in [1.82, 2.24) is 0 Å². The number of anilines is 1. The van der Waals surface area contributed by atoms with E-state index in [1.54, 1.807) is 6.92 Å². The third-order valence-electron chi connectivity index (χ3n) is 2.07. The molecular weight excluding hydrogens is 229 g/mol. The molecule has 4 N–H and O–H groups in total. The van der Waals surface area contributed by atoms with Crippen LogP contribution in [0.15, 0.2) is 12.1 Å². The lowest BCUT2D eigenvalue weighted by molar-refractivity contribution is -0.149. The first-order chi connectivity index (χ1) is 6.73. The van der Waals surface area contributed by atoms with Crippen LogP contribution in [0, 0.1) is 6.92 Å². The molecule has 0 heterocycles. The minimum atomic E-state index is -4.51. The van der Waals surface area contributed by atoms with Gasteiger partial charge in [0.15, 0.2) is 0 Å². The number of halogens is 4. The Bertz CT molecular complexity index is 376. The molecule has 0 aliphatic heterocycles. The van der Waals surface area contributed by atoms with Crippen LogP contribution in [0.25, 0.3) is 0 Å². The fourth-order valence-corrected chi connectivity index (χ4v) is 1.42. The second-order valence-corrected chi connectivity index (χ2v) is 3.66. The molecule has 0 aliphatic carbocycles. The fourth-order valence-electron chi connectivity index (χ4n) is 1.13. The van der Waals surface area contributed by atoms with Gasteiger partial charge in [0.25, 0.3) is 0 Å². The Kier molecular flexibility index (Phi) is 3.16. The van der Waals surface area contributed by atoms with Crippen molar-refractivity contribution in [2.75, 3.05) is 5.73 Å². The summed E-state index contributed by atoms with van der Waals surface area (Å²) in [5.41, 5.74) is 11.2. The van der Waals surface area contributed by atoms with Crippen LogP contribution in [0.3, 0.4) is 0 Å². The maximum Gasteiger partial charge on any atom is 0.407 e. The number of aryl methyl sites for hydroxylation is 1. The van der Waals surface area contributed by atoms with Crippen molar-refractivity contribution in [3.05, 3.63) is 28.3 Å². The van der Waals surface area contributed by atoms with E-state index >= 15 is 0 Å². The third kappa shape index (κ3) is 2.54. The summed E-state index contributed by atoms with van der Waals surface area (Å²) in [6.07, 6.45) is -4.51. The van der Waals surface area contributed by atoms with Gasteiger partial charge in [0, 0.05) is 10.7 Å². The summed E-state index contributed by atoms with van der Waals surface area (Å²) in [7, 11) is 0. The molecule has 0 spiro atoms. The Balaban J connectivity index is 3.21. The molecule has 1 rings (SSSR count). The highest BCUT2D eigenvalue weighted by Crippen LogP contribution is 2.35. The number of nitrogen functional groups attached to an aromatic ring is 1. The molecule has 0 unspecified atom stereocenters. The number of benzene rings is 1. The topological polar surface area (TPSA) is 52.0 Å². The summed E-state index contributed by atoms with van der Waals surface area (Å²) in [6.45, 7) is 1.60. The van der Waals surface area contributed by atoms with Crippen molar-refractivity contribution >= 4 is 17.3 Å². The van der Waals surface area contributed by atoms with E-state index in [2.05, 4.69) is 0 Å². The van der Waals surface area contributed by atoms with Gasteiger partial charge in [-0.15, -0.1) is 0 Å². The summed E-state index contributed by atoms with van der Waals surface area (Å²) in [5.74, 6) is 0. The Morgan fingerprint density at radius 1 is 1.33 bits per heavy atom. The molecule has 2 nitrogen and oxygen atoms in total. The first-order valence-corrected chi connectivity index (χ1v) is 4.49. The van der Waals surface area contributed by atoms with Crippen LogP contribution < -0.4 is 11.5 Å². The number of hydrogen-bond donors (Lipinski definition) is 2. The first kappa shape index (κ1) is 12.1. The van der Waals surface area contributed by atoms with Gasteiger partial charge in [-0.1, -0.05) is 17.7 Å². The van der Waals surface area contributed by atoms with E-state index in [1.807, 2.05) is 0 Å². The van der Waals surface area contributed by atoms with Crippen molar-refractivity contribution < 1.29 is 13.2 Å². The number of alkyl halides is 3. The van der Waals surface area contributed by atoms with Gasteiger partial charge >= 0.3 is 6.18 Å². The summed E-state index contributed by atoms with van der Waals surface area (Å²) in [5, 5.41) is -0.0667. The molecule has 0 bridgehead atoms. The van der Waals surface area contributed by atoms with Crippen molar-refractivity contribution in [2.45, 2.75) is 19.1 Å². The maximum atomic E-state index is 12.3. The molecular formula is C9H10ClF3N2. The van der Waals surface area contributed by atoms with E-state index in [0.29, 0.717) is 11.3 Å². The van der Waals surface area contributed by atoms with Crippen LogP contribution in [0.1, 0.15) is 17.2 Å². The molecule has 0 fully saturated rings. The smallest absolute Gasteiger partial charge is 0.398 e. The lowest BCUT2D eigenvalue weighted by Gasteiger charge is -2.18. The second kappa shape index (κ2) is 3.90. The van der Waals surface area contributed by atoms with Crippen LogP contribution in [0.2, 0.25) is 5.02 Å². The average Bonchev–Trinajstić information content (AvgIpc) is 2.08. The summed E-state index contributed by atoms with van der Waals surface area (Å²) in [6, 6.07) is 0.456. The lowest BCUT2D eigenvalue weighted by Crippen LogP contribution is -2.28. The van der Waals surface area contributed by atoms with Crippen LogP contribution in [0.4, 0.5) is 18.9 Å². The molecule has 0 amide bonds. The highest BCUT2D eigenvalue weighted by atomic mass is 35.5. The molecule has 84 valence electrons. The van der Waals surface area contributed by atoms with E-state index < -0.39 is 12.2 Å². The van der Waals surface area contributed by atoms with Crippen LogP contribution in [0.5, 0.6) is 0 Å². The summed E-state index contributed by atoms with van der Waals surface area (Å²) in [4.78, 5) is 0. The summed E-state index contributed by atoms with van der Waals surface area (Å²) < 4.78 is 37.0.